The summed E-state index contributed by atoms with van der Waals surface area (Å²) in [4.78, 5) is 16.2. The van der Waals surface area contributed by atoms with Crippen LogP contribution in [0.15, 0.2) is 35.3 Å². The predicted molar refractivity (Wildman–Crippen MR) is 70.5 cm³/mol. The third-order valence-corrected chi connectivity index (χ3v) is 3.00. The molecule has 0 aromatic heterocycles. The Hall–Kier alpha value is -1.68. The number of carbonyl (C=O) groups is 1. The minimum absolute atomic E-state index is 0.0233. The summed E-state index contributed by atoms with van der Waals surface area (Å²) in [6, 6.07) is 9.52. The third kappa shape index (κ3) is 2.59. The average Bonchev–Trinajstić information content (AvgIpc) is 2.74. The number of nitrogens with one attached hydrogen (secondary N) is 1. The maximum absolute atomic E-state index is 11.7. The molecule has 0 bridgehead atoms. The van der Waals surface area contributed by atoms with Crippen molar-refractivity contribution in [3.63, 3.8) is 0 Å². The second-order valence-electron chi connectivity index (χ2n) is 4.33. The van der Waals surface area contributed by atoms with E-state index in [0.717, 1.165) is 18.4 Å². The highest BCUT2D eigenvalue weighted by Gasteiger charge is 2.30. The highest BCUT2D eigenvalue weighted by atomic mass is 16.5. The first kappa shape index (κ1) is 12.8. The van der Waals surface area contributed by atoms with E-state index in [9.17, 15) is 4.79 Å². The van der Waals surface area contributed by atoms with E-state index < -0.39 is 0 Å². The van der Waals surface area contributed by atoms with E-state index in [1.165, 1.54) is 0 Å². The number of amides is 1. The van der Waals surface area contributed by atoms with Crippen LogP contribution < -0.4 is 5.32 Å². The maximum atomic E-state index is 11.7. The van der Waals surface area contributed by atoms with Crippen molar-refractivity contribution in [2.75, 3.05) is 7.11 Å². The quantitative estimate of drug-likeness (QED) is 0.864. The van der Waals surface area contributed by atoms with Gasteiger partial charge in [-0.15, -0.1) is 0 Å². The molecule has 4 nitrogen and oxygen atoms in total. The number of methoxy groups -OCH3 is 1. The van der Waals surface area contributed by atoms with Crippen LogP contribution in [-0.2, 0) is 9.53 Å². The topological polar surface area (TPSA) is 50.7 Å². The number of hydrogen-bond acceptors (Lipinski definition) is 3. The third-order valence-electron chi connectivity index (χ3n) is 3.00. The average molecular weight is 246 g/mol. The van der Waals surface area contributed by atoms with Crippen LogP contribution >= 0.6 is 0 Å². The summed E-state index contributed by atoms with van der Waals surface area (Å²) < 4.78 is 5.45. The lowest BCUT2D eigenvalue weighted by Crippen LogP contribution is -2.32. The van der Waals surface area contributed by atoms with Crippen LogP contribution in [0.3, 0.4) is 0 Å². The molecule has 1 heterocycles. The molecular weight excluding hydrogens is 228 g/mol. The smallest absolute Gasteiger partial charge is 0.250 e. The zero-order valence-corrected chi connectivity index (χ0v) is 10.7. The number of hydrogen-bond donors (Lipinski definition) is 1. The van der Waals surface area contributed by atoms with Gasteiger partial charge in [-0.1, -0.05) is 43.7 Å². The Morgan fingerprint density at radius 1 is 1.39 bits per heavy atom. The lowest BCUT2D eigenvalue weighted by atomic mass is 10.1. The van der Waals surface area contributed by atoms with E-state index in [4.69, 9.17) is 4.74 Å². The van der Waals surface area contributed by atoms with Crippen molar-refractivity contribution in [2.24, 2.45) is 4.99 Å². The molecule has 0 aliphatic carbocycles. The van der Waals surface area contributed by atoms with Crippen LogP contribution in [0, 0.1) is 0 Å². The highest BCUT2D eigenvalue weighted by molar-refractivity contribution is 6.07. The Bertz CT molecular complexity index is 442. The van der Waals surface area contributed by atoms with Gasteiger partial charge in [0.25, 0.3) is 0 Å². The fraction of sp³-hybridized carbons (Fsp3) is 0.429. The van der Waals surface area contributed by atoms with Gasteiger partial charge in [0.05, 0.1) is 0 Å². The fourth-order valence-electron chi connectivity index (χ4n) is 2.10. The van der Waals surface area contributed by atoms with Gasteiger partial charge < -0.3 is 10.1 Å². The summed E-state index contributed by atoms with van der Waals surface area (Å²) in [5.41, 5.74) is 0.996. The second kappa shape index (κ2) is 5.78. The normalized spacial score (nSPS) is 20.4. The minimum atomic E-state index is -0.294. The van der Waals surface area contributed by atoms with Crippen molar-refractivity contribution in [1.29, 1.82) is 0 Å². The summed E-state index contributed by atoms with van der Waals surface area (Å²) in [5.74, 6) is 0.594. The van der Waals surface area contributed by atoms with E-state index in [0.29, 0.717) is 5.84 Å². The largest absolute Gasteiger partial charge is 0.369 e. The molecule has 0 saturated carbocycles. The minimum Gasteiger partial charge on any atom is -0.369 e. The lowest BCUT2D eigenvalue weighted by Gasteiger charge is -2.15. The molecule has 4 heteroatoms. The molecule has 0 spiro atoms. The van der Waals surface area contributed by atoms with Gasteiger partial charge >= 0.3 is 0 Å². The van der Waals surface area contributed by atoms with Gasteiger partial charge in [-0.05, 0) is 12.0 Å². The van der Waals surface area contributed by atoms with Crippen molar-refractivity contribution in [3.8, 4) is 0 Å². The fourth-order valence-corrected chi connectivity index (χ4v) is 2.10. The van der Waals surface area contributed by atoms with Crippen LogP contribution in [0.1, 0.15) is 31.4 Å². The van der Waals surface area contributed by atoms with Gasteiger partial charge in [-0.3, -0.25) is 9.79 Å². The van der Waals surface area contributed by atoms with Crippen LogP contribution in [0.5, 0.6) is 0 Å². The summed E-state index contributed by atoms with van der Waals surface area (Å²) in [6.07, 6.45) is 1.43. The summed E-state index contributed by atoms with van der Waals surface area (Å²) in [7, 11) is 1.62. The first-order valence-electron chi connectivity index (χ1n) is 6.22. The van der Waals surface area contributed by atoms with E-state index in [1.807, 2.05) is 37.3 Å². The van der Waals surface area contributed by atoms with Crippen LogP contribution in [0.2, 0.25) is 0 Å². The molecule has 0 radical (unpaired) electrons. The lowest BCUT2D eigenvalue weighted by molar-refractivity contribution is -0.120. The Balaban J connectivity index is 2.19. The summed E-state index contributed by atoms with van der Waals surface area (Å²) in [6.45, 7) is 2.05. The monoisotopic (exact) mass is 246 g/mol. The van der Waals surface area contributed by atoms with Crippen molar-refractivity contribution >= 4 is 11.7 Å². The van der Waals surface area contributed by atoms with Gasteiger partial charge in [0, 0.05) is 7.11 Å². The van der Waals surface area contributed by atoms with Gasteiger partial charge in [0.15, 0.2) is 0 Å². The number of benzene rings is 1. The molecule has 2 atom stereocenters. The van der Waals surface area contributed by atoms with Gasteiger partial charge in [0.1, 0.15) is 18.0 Å². The summed E-state index contributed by atoms with van der Waals surface area (Å²) >= 11 is 0. The Kier molecular flexibility index (Phi) is 4.10. The van der Waals surface area contributed by atoms with Gasteiger partial charge in [0.2, 0.25) is 5.91 Å². The molecule has 1 N–H and O–H groups in total. The number of amidine groups is 1. The number of nitrogens with zero attached hydrogens (tertiary/aromatic N) is 1. The van der Waals surface area contributed by atoms with Gasteiger partial charge in [-0.2, -0.15) is 0 Å². The van der Waals surface area contributed by atoms with E-state index in [-0.39, 0.29) is 18.1 Å². The first-order chi connectivity index (χ1) is 8.76. The molecular formula is C14H18N2O2. The Labute approximate surface area is 107 Å². The number of aliphatic imine (C=N–C) groups is 1. The maximum Gasteiger partial charge on any atom is 0.250 e. The first-order valence-corrected chi connectivity index (χ1v) is 6.22. The van der Waals surface area contributed by atoms with Crippen molar-refractivity contribution < 1.29 is 9.53 Å². The Morgan fingerprint density at radius 2 is 2.11 bits per heavy atom. The molecule has 1 aromatic rings. The molecule has 96 valence electrons. The molecule has 1 aliphatic rings. The van der Waals surface area contributed by atoms with Crippen molar-refractivity contribution in [1.82, 2.24) is 5.32 Å². The molecule has 1 amide bonds. The molecule has 2 rings (SSSR count). The molecule has 0 fully saturated rings. The molecule has 18 heavy (non-hydrogen) atoms. The van der Waals surface area contributed by atoms with E-state index in [2.05, 4.69) is 10.3 Å². The van der Waals surface area contributed by atoms with Crippen molar-refractivity contribution in [2.45, 2.75) is 31.9 Å². The summed E-state index contributed by atoms with van der Waals surface area (Å²) in [5, 5.41) is 2.82. The van der Waals surface area contributed by atoms with Crippen LogP contribution in [0.4, 0.5) is 0 Å². The molecule has 0 saturated heterocycles. The molecule has 1 aromatic carbocycles. The molecule has 2 unspecified atom stereocenters. The zero-order chi connectivity index (χ0) is 13.0. The number of carbonyl (C=O) groups excluding carboxylic acids is 1. The highest BCUT2D eigenvalue weighted by Crippen LogP contribution is 2.21. The molecule has 1 aliphatic heterocycles. The standard InChI is InChI=1S/C14H18N2O2/c1-3-7-11-14(17)16-13(15-11)12(18-2)10-8-5-4-6-9-10/h4-6,8-9,11-12H,3,7H2,1-2H3,(H,15,16,17). The number of rotatable bonds is 5. The second-order valence-corrected chi connectivity index (χ2v) is 4.33. The van der Waals surface area contributed by atoms with E-state index in [1.54, 1.807) is 7.11 Å². The van der Waals surface area contributed by atoms with Gasteiger partial charge in [-0.25, -0.2) is 0 Å². The Morgan fingerprint density at radius 3 is 2.72 bits per heavy atom. The van der Waals surface area contributed by atoms with Crippen molar-refractivity contribution in [3.05, 3.63) is 35.9 Å². The van der Waals surface area contributed by atoms with Crippen LogP contribution in [0.25, 0.3) is 0 Å². The predicted octanol–water partition coefficient (Wildman–Crippen LogP) is 2.07. The van der Waals surface area contributed by atoms with E-state index >= 15 is 0 Å². The zero-order valence-electron chi connectivity index (χ0n) is 10.7. The SMILES string of the molecule is CCCC1N=C(C(OC)c2ccccc2)NC1=O. The number of ether oxygens (including phenoxy) is 1. The van der Waals surface area contributed by atoms with Crippen LogP contribution in [-0.4, -0.2) is 24.9 Å².